The Kier molecular flexibility index (Phi) is 6.53. The van der Waals surface area contributed by atoms with Gasteiger partial charge in [-0.3, -0.25) is 0 Å². The van der Waals surface area contributed by atoms with Crippen LogP contribution in [0.2, 0.25) is 5.02 Å². The Bertz CT molecular complexity index is 840. The van der Waals surface area contributed by atoms with E-state index in [9.17, 15) is 18.0 Å². The molecule has 0 aliphatic heterocycles. The van der Waals surface area contributed by atoms with Gasteiger partial charge in [0, 0.05) is 24.2 Å². The maximum Gasteiger partial charge on any atom is 0.416 e. The fourth-order valence-corrected chi connectivity index (χ4v) is 2.37. The van der Waals surface area contributed by atoms with Crippen LogP contribution in [0.4, 0.5) is 18.0 Å². The summed E-state index contributed by atoms with van der Waals surface area (Å²) in [4.78, 5) is 13.5. The van der Waals surface area contributed by atoms with Crippen molar-refractivity contribution in [1.82, 2.24) is 10.2 Å². The third-order valence-electron chi connectivity index (χ3n) is 3.41. The van der Waals surface area contributed by atoms with Gasteiger partial charge in [-0.1, -0.05) is 41.6 Å². The van der Waals surface area contributed by atoms with E-state index in [4.69, 9.17) is 11.6 Å². The lowest BCUT2D eigenvalue weighted by atomic mass is 10.1. The second-order valence-electron chi connectivity index (χ2n) is 5.53. The van der Waals surface area contributed by atoms with Crippen molar-refractivity contribution in [2.45, 2.75) is 12.7 Å². The first kappa shape index (κ1) is 19.7. The molecule has 0 aliphatic rings. The van der Waals surface area contributed by atoms with Gasteiger partial charge in [0.25, 0.3) is 0 Å². The van der Waals surface area contributed by atoms with E-state index in [1.165, 1.54) is 17.0 Å². The number of halogens is 4. The summed E-state index contributed by atoms with van der Waals surface area (Å²) in [6, 6.07) is 11.5. The highest BCUT2D eigenvalue weighted by molar-refractivity contribution is 6.30. The molecule has 2 rings (SSSR count). The first-order chi connectivity index (χ1) is 12.3. The Morgan fingerprint density at radius 3 is 2.62 bits per heavy atom. The molecule has 2 aromatic carbocycles. The van der Waals surface area contributed by atoms with Crippen LogP contribution in [0, 0.1) is 11.8 Å². The molecule has 0 heterocycles. The molecule has 2 amide bonds. The summed E-state index contributed by atoms with van der Waals surface area (Å²) in [6.07, 6.45) is -4.41. The molecule has 0 saturated heterocycles. The Morgan fingerprint density at radius 2 is 1.92 bits per heavy atom. The second-order valence-corrected chi connectivity index (χ2v) is 5.96. The number of alkyl halides is 3. The zero-order chi connectivity index (χ0) is 19.2. The van der Waals surface area contributed by atoms with Crippen molar-refractivity contribution in [2.24, 2.45) is 0 Å². The van der Waals surface area contributed by atoms with Crippen LogP contribution in [0.3, 0.4) is 0 Å². The third kappa shape index (κ3) is 6.01. The summed E-state index contributed by atoms with van der Waals surface area (Å²) in [5.74, 6) is 5.25. The summed E-state index contributed by atoms with van der Waals surface area (Å²) in [5, 5.41) is 3.18. The molecule has 1 N–H and O–H groups in total. The van der Waals surface area contributed by atoms with Gasteiger partial charge in [0.15, 0.2) is 0 Å². The Hall–Kier alpha value is -2.65. The summed E-state index contributed by atoms with van der Waals surface area (Å²) in [7, 11) is 1.62. The lowest BCUT2D eigenvalue weighted by Gasteiger charge is -2.17. The fourth-order valence-electron chi connectivity index (χ4n) is 2.16. The maximum absolute atomic E-state index is 12.6. The molecule has 7 heteroatoms. The van der Waals surface area contributed by atoms with Crippen molar-refractivity contribution < 1.29 is 18.0 Å². The van der Waals surface area contributed by atoms with Crippen LogP contribution in [0.25, 0.3) is 0 Å². The molecular formula is C19H16ClF3N2O. The Labute approximate surface area is 154 Å². The molecule has 0 aliphatic carbocycles. The van der Waals surface area contributed by atoms with Crippen LogP contribution in [0.1, 0.15) is 16.7 Å². The van der Waals surface area contributed by atoms with Crippen LogP contribution in [0.15, 0.2) is 48.5 Å². The number of carbonyl (C=O) groups is 1. The monoisotopic (exact) mass is 380 g/mol. The van der Waals surface area contributed by atoms with Gasteiger partial charge < -0.3 is 10.2 Å². The predicted molar refractivity (Wildman–Crippen MR) is 94.6 cm³/mol. The van der Waals surface area contributed by atoms with Crippen LogP contribution >= 0.6 is 11.6 Å². The Morgan fingerprint density at radius 1 is 1.19 bits per heavy atom. The summed E-state index contributed by atoms with van der Waals surface area (Å²) >= 11 is 5.90. The Balaban J connectivity index is 1.88. The number of hydrogen-bond donors (Lipinski definition) is 1. The molecule has 136 valence electrons. The zero-order valence-corrected chi connectivity index (χ0v) is 14.7. The van der Waals surface area contributed by atoms with E-state index in [1.807, 2.05) is 6.07 Å². The second kappa shape index (κ2) is 8.63. The fraction of sp³-hybridized carbons (Fsp3) is 0.211. The number of nitrogens with one attached hydrogen (secondary N) is 1. The first-order valence-corrected chi connectivity index (χ1v) is 8.03. The van der Waals surface area contributed by atoms with Gasteiger partial charge in [0.1, 0.15) is 0 Å². The smallest absolute Gasteiger partial charge is 0.327 e. The average Bonchev–Trinajstić information content (AvgIpc) is 2.58. The minimum Gasteiger partial charge on any atom is -0.327 e. The van der Waals surface area contributed by atoms with Crippen molar-refractivity contribution in [3.63, 3.8) is 0 Å². The van der Waals surface area contributed by atoms with Gasteiger partial charge in [-0.2, -0.15) is 13.2 Å². The van der Waals surface area contributed by atoms with Crippen molar-refractivity contribution in [3.05, 3.63) is 70.2 Å². The van der Waals surface area contributed by atoms with Crippen molar-refractivity contribution in [3.8, 4) is 11.8 Å². The highest BCUT2D eigenvalue weighted by Gasteiger charge is 2.30. The van der Waals surface area contributed by atoms with Crippen LogP contribution < -0.4 is 5.32 Å². The zero-order valence-electron chi connectivity index (χ0n) is 13.9. The molecule has 2 aromatic rings. The summed E-state index contributed by atoms with van der Waals surface area (Å²) < 4.78 is 37.9. The van der Waals surface area contributed by atoms with E-state index < -0.39 is 11.7 Å². The number of benzene rings is 2. The molecule has 0 radical (unpaired) electrons. The van der Waals surface area contributed by atoms with E-state index in [2.05, 4.69) is 17.2 Å². The molecule has 3 nitrogen and oxygen atoms in total. The molecule has 0 unspecified atom stereocenters. The van der Waals surface area contributed by atoms with Gasteiger partial charge in [-0.05, 0) is 35.9 Å². The van der Waals surface area contributed by atoms with Crippen molar-refractivity contribution >= 4 is 17.6 Å². The van der Waals surface area contributed by atoms with Gasteiger partial charge in [-0.25, -0.2) is 4.79 Å². The minimum absolute atomic E-state index is 0.0228. The topological polar surface area (TPSA) is 32.3 Å². The molecule has 0 bridgehead atoms. The lowest BCUT2D eigenvalue weighted by molar-refractivity contribution is -0.137. The molecular weight excluding hydrogens is 365 g/mol. The molecule has 26 heavy (non-hydrogen) atoms. The first-order valence-electron chi connectivity index (χ1n) is 7.65. The number of rotatable bonds is 3. The summed E-state index contributed by atoms with van der Waals surface area (Å²) in [6.45, 7) is 0.391. The minimum atomic E-state index is -4.41. The van der Waals surface area contributed by atoms with Crippen molar-refractivity contribution in [1.29, 1.82) is 0 Å². The van der Waals surface area contributed by atoms with Crippen LogP contribution in [-0.4, -0.2) is 24.5 Å². The van der Waals surface area contributed by atoms with Crippen molar-refractivity contribution in [2.75, 3.05) is 13.6 Å². The van der Waals surface area contributed by atoms with Gasteiger partial charge in [-0.15, -0.1) is 0 Å². The van der Waals surface area contributed by atoms with E-state index in [0.29, 0.717) is 11.6 Å². The highest BCUT2D eigenvalue weighted by Crippen LogP contribution is 2.29. The molecule has 0 fully saturated rings. The number of carbonyl (C=O) groups excluding carboxylic acids is 1. The molecule has 0 spiro atoms. The molecule has 0 saturated carbocycles. The number of nitrogens with zero attached hydrogens (tertiary/aromatic N) is 1. The predicted octanol–water partition coefficient (Wildman–Crippen LogP) is 4.55. The van der Waals surface area contributed by atoms with E-state index >= 15 is 0 Å². The van der Waals surface area contributed by atoms with Gasteiger partial charge >= 0.3 is 12.2 Å². The van der Waals surface area contributed by atoms with E-state index in [1.54, 1.807) is 25.2 Å². The van der Waals surface area contributed by atoms with E-state index in [-0.39, 0.29) is 18.1 Å². The molecule has 0 aromatic heterocycles. The largest absolute Gasteiger partial charge is 0.416 e. The molecule has 0 atom stereocenters. The van der Waals surface area contributed by atoms with Crippen LogP contribution in [0.5, 0.6) is 0 Å². The normalized spacial score (nSPS) is 10.7. The maximum atomic E-state index is 12.6. The SMILES string of the molecule is CN(Cc1cccc(Cl)c1)C(=O)NCC#Cc1cccc(C(F)(F)F)c1. The summed E-state index contributed by atoms with van der Waals surface area (Å²) in [5.41, 5.74) is 0.362. The standard InChI is InChI=1S/C19H16ClF3N2O/c1-25(13-15-6-3-9-17(20)12-15)18(26)24-10-4-7-14-5-2-8-16(11-14)19(21,22)23/h2-3,5-6,8-9,11-12H,10,13H2,1H3,(H,24,26). The number of hydrogen-bond acceptors (Lipinski definition) is 1. The third-order valence-corrected chi connectivity index (χ3v) is 3.64. The number of amides is 2. The average molecular weight is 381 g/mol. The quantitative estimate of drug-likeness (QED) is 0.778. The number of urea groups is 1. The van der Waals surface area contributed by atoms with E-state index in [0.717, 1.165) is 17.7 Å². The van der Waals surface area contributed by atoms with Crippen LogP contribution in [-0.2, 0) is 12.7 Å². The lowest BCUT2D eigenvalue weighted by Crippen LogP contribution is -2.36. The van der Waals surface area contributed by atoms with Gasteiger partial charge in [0.2, 0.25) is 0 Å². The highest BCUT2D eigenvalue weighted by atomic mass is 35.5. The van der Waals surface area contributed by atoms with Gasteiger partial charge in [0.05, 0.1) is 12.1 Å².